The summed E-state index contributed by atoms with van der Waals surface area (Å²) in [6.07, 6.45) is 2.28. The number of hydrogen-bond acceptors (Lipinski definition) is 6. The summed E-state index contributed by atoms with van der Waals surface area (Å²) in [6, 6.07) is 9.16. The summed E-state index contributed by atoms with van der Waals surface area (Å²) in [6.45, 7) is 10.3. The zero-order chi connectivity index (χ0) is 31.3. The highest BCUT2D eigenvalue weighted by molar-refractivity contribution is 9.10. The van der Waals surface area contributed by atoms with E-state index in [0.717, 1.165) is 29.8 Å². The Balaban J connectivity index is 1.54. The molecule has 1 N–H and O–H groups in total. The maximum Gasteiger partial charge on any atom is 0.262 e. The van der Waals surface area contributed by atoms with Gasteiger partial charge in [-0.15, -0.1) is 0 Å². The Morgan fingerprint density at radius 2 is 1.51 bits per heavy atom. The molecular formula is C34H38BrFN2O5. The molecule has 3 aliphatic rings. The topological polar surface area (TPSA) is 84.9 Å². The summed E-state index contributed by atoms with van der Waals surface area (Å²) in [5, 5.41) is 2.68. The molecule has 2 aliphatic carbocycles. The summed E-state index contributed by atoms with van der Waals surface area (Å²) >= 11 is 3.62. The second-order valence-corrected chi connectivity index (χ2v) is 14.1. The Morgan fingerprint density at radius 3 is 2.05 bits per heavy atom. The Morgan fingerprint density at radius 1 is 0.953 bits per heavy atom. The number of anilines is 1. The van der Waals surface area contributed by atoms with Crippen molar-refractivity contribution in [1.29, 1.82) is 0 Å². The predicted molar refractivity (Wildman–Crippen MR) is 166 cm³/mol. The molecule has 0 saturated heterocycles. The van der Waals surface area contributed by atoms with Gasteiger partial charge in [0.15, 0.2) is 29.7 Å². The maximum absolute atomic E-state index is 13.8. The van der Waals surface area contributed by atoms with Crippen LogP contribution < -0.4 is 14.8 Å². The first kappa shape index (κ1) is 31.0. The number of benzene rings is 2. The van der Waals surface area contributed by atoms with Crippen molar-refractivity contribution in [1.82, 2.24) is 4.90 Å². The van der Waals surface area contributed by atoms with E-state index in [2.05, 4.69) is 53.8 Å². The number of allylic oxidation sites excluding steroid dienone is 4. The molecule has 0 bridgehead atoms. The van der Waals surface area contributed by atoms with E-state index >= 15 is 0 Å². The molecule has 2 aromatic carbocycles. The summed E-state index contributed by atoms with van der Waals surface area (Å²) in [7, 11) is 1.99. The normalized spacial score (nSPS) is 19.7. The van der Waals surface area contributed by atoms with Crippen LogP contribution in [-0.4, -0.2) is 42.6 Å². The van der Waals surface area contributed by atoms with E-state index in [1.54, 1.807) is 0 Å². The number of carbonyl (C=O) groups is 3. The second-order valence-electron chi connectivity index (χ2n) is 13.2. The molecule has 0 spiro atoms. The Kier molecular flexibility index (Phi) is 8.33. The van der Waals surface area contributed by atoms with E-state index in [4.69, 9.17) is 9.47 Å². The molecule has 228 valence electrons. The van der Waals surface area contributed by atoms with Crippen LogP contribution in [0.1, 0.15) is 71.8 Å². The Hall–Kier alpha value is -3.46. The number of rotatable bonds is 7. The lowest BCUT2D eigenvalue weighted by atomic mass is 9.64. The molecule has 0 unspecified atom stereocenters. The molecule has 0 radical (unpaired) electrons. The molecular weight excluding hydrogens is 615 g/mol. The quantitative estimate of drug-likeness (QED) is 0.337. The van der Waals surface area contributed by atoms with Gasteiger partial charge in [0.25, 0.3) is 5.91 Å². The van der Waals surface area contributed by atoms with E-state index in [9.17, 15) is 18.8 Å². The zero-order valence-corrected chi connectivity index (χ0v) is 27.1. The summed E-state index contributed by atoms with van der Waals surface area (Å²) < 4.78 is 25.7. The van der Waals surface area contributed by atoms with Crippen LogP contribution in [0.15, 0.2) is 63.4 Å². The molecule has 0 atom stereocenters. The molecule has 1 heterocycles. The van der Waals surface area contributed by atoms with Crippen LogP contribution in [0.3, 0.4) is 0 Å². The minimum Gasteiger partial charge on any atom is -0.490 e. The van der Waals surface area contributed by atoms with E-state index in [1.807, 2.05) is 26.1 Å². The van der Waals surface area contributed by atoms with Gasteiger partial charge in [-0.1, -0.05) is 27.7 Å². The minimum absolute atomic E-state index is 0.0548. The van der Waals surface area contributed by atoms with Gasteiger partial charge in [0.05, 0.1) is 11.1 Å². The summed E-state index contributed by atoms with van der Waals surface area (Å²) in [5.41, 5.74) is 4.13. The highest BCUT2D eigenvalue weighted by Gasteiger charge is 2.48. The van der Waals surface area contributed by atoms with Crippen molar-refractivity contribution < 1.29 is 28.2 Å². The van der Waals surface area contributed by atoms with Gasteiger partial charge in [-0.2, -0.15) is 0 Å². The standard InChI is InChI=1S/C34H38BrFN2O5/c1-7-42-27-13-19(12-22(35)32(27)43-18-28(41)37-21-10-8-20(36)9-11-21)29-30-23(14-33(2,3)16-25(30)39)38(6)24-15-34(4,5)17-26(40)31(24)29/h8-13,29H,7,14-18H2,1-6H3,(H,37,41). The van der Waals surface area contributed by atoms with Crippen LogP contribution in [0.4, 0.5) is 10.1 Å². The molecule has 0 fully saturated rings. The first-order chi connectivity index (χ1) is 20.2. The molecule has 9 heteroatoms. The SMILES string of the molecule is CCOc1cc(C2C3=C(CC(C)(C)CC3=O)N(C)C3=C2C(=O)CC(C)(C)C3)cc(Br)c1OCC(=O)Nc1ccc(F)cc1. The average molecular weight is 654 g/mol. The van der Waals surface area contributed by atoms with Gasteiger partial charge in [-0.05, 0) is 88.5 Å². The van der Waals surface area contributed by atoms with Crippen molar-refractivity contribution in [2.75, 3.05) is 25.6 Å². The lowest BCUT2D eigenvalue weighted by Gasteiger charge is -2.48. The maximum atomic E-state index is 13.8. The van der Waals surface area contributed by atoms with Crippen LogP contribution >= 0.6 is 15.9 Å². The molecule has 1 aliphatic heterocycles. The lowest BCUT2D eigenvalue weighted by molar-refractivity contribution is -0.120. The predicted octanol–water partition coefficient (Wildman–Crippen LogP) is 7.32. The summed E-state index contributed by atoms with van der Waals surface area (Å²) in [4.78, 5) is 42.4. The molecule has 0 saturated carbocycles. The molecule has 0 aromatic heterocycles. The fourth-order valence-electron chi connectivity index (χ4n) is 6.52. The zero-order valence-electron chi connectivity index (χ0n) is 25.5. The van der Waals surface area contributed by atoms with Gasteiger partial charge in [-0.3, -0.25) is 14.4 Å². The first-order valence-corrected chi connectivity index (χ1v) is 15.4. The van der Waals surface area contributed by atoms with Crippen LogP contribution in [0.5, 0.6) is 11.5 Å². The monoisotopic (exact) mass is 652 g/mol. The van der Waals surface area contributed by atoms with E-state index < -0.39 is 17.6 Å². The number of amides is 1. The molecule has 43 heavy (non-hydrogen) atoms. The van der Waals surface area contributed by atoms with Gasteiger partial charge in [0, 0.05) is 54.0 Å². The van der Waals surface area contributed by atoms with Gasteiger partial charge in [0.1, 0.15) is 5.82 Å². The highest BCUT2D eigenvalue weighted by Crippen LogP contribution is 2.55. The van der Waals surface area contributed by atoms with Crippen LogP contribution in [0.25, 0.3) is 0 Å². The van der Waals surface area contributed by atoms with Crippen LogP contribution in [-0.2, 0) is 14.4 Å². The van der Waals surface area contributed by atoms with Crippen molar-refractivity contribution in [3.05, 3.63) is 74.8 Å². The molecule has 1 amide bonds. The number of ether oxygens (including phenoxy) is 2. The minimum atomic E-state index is -0.528. The number of Topliss-reactive ketones (excluding diaryl/α,β-unsaturated/α-hetero) is 2. The largest absolute Gasteiger partial charge is 0.490 e. The fraction of sp³-hybridized carbons (Fsp3) is 0.441. The van der Waals surface area contributed by atoms with E-state index in [0.29, 0.717) is 52.3 Å². The van der Waals surface area contributed by atoms with Gasteiger partial charge in [-0.25, -0.2) is 4.39 Å². The van der Waals surface area contributed by atoms with Crippen molar-refractivity contribution in [3.8, 4) is 11.5 Å². The lowest BCUT2D eigenvalue weighted by Crippen LogP contribution is -2.43. The van der Waals surface area contributed by atoms with Gasteiger partial charge in [0.2, 0.25) is 0 Å². The van der Waals surface area contributed by atoms with E-state index in [1.165, 1.54) is 24.3 Å². The number of ketones is 2. The molecule has 2 aromatic rings. The second kappa shape index (κ2) is 11.6. The number of halogens is 2. The van der Waals surface area contributed by atoms with Crippen molar-refractivity contribution in [3.63, 3.8) is 0 Å². The van der Waals surface area contributed by atoms with Crippen molar-refractivity contribution >= 4 is 39.1 Å². The summed E-state index contributed by atoms with van der Waals surface area (Å²) in [5.74, 6) is -0.499. The number of carbonyl (C=O) groups excluding carboxylic acids is 3. The van der Waals surface area contributed by atoms with Crippen molar-refractivity contribution in [2.45, 2.75) is 66.2 Å². The number of nitrogens with zero attached hydrogens (tertiary/aromatic N) is 1. The van der Waals surface area contributed by atoms with Crippen molar-refractivity contribution in [2.24, 2.45) is 10.8 Å². The average Bonchev–Trinajstić information content (AvgIpc) is 2.89. The molecule has 7 nitrogen and oxygen atoms in total. The fourth-order valence-corrected chi connectivity index (χ4v) is 7.10. The van der Waals surface area contributed by atoms with E-state index in [-0.39, 0.29) is 29.0 Å². The Labute approximate surface area is 260 Å². The number of hydrogen-bond donors (Lipinski definition) is 1. The third kappa shape index (κ3) is 6.28. The number of nitrogens with one attached hydrogen (secondary N) is 1. The van der Waals surface area contributed by atoms with Crippen LogP contribution in [0.2, 0.25) is 0 Å². The van der Waals surface area contributed by atoms with Gasteiger partial charge >= 0.3 is 0 Å². The first-order valence-electron chi connectivity index (χ1n) is 14.6. The third-order valence-corrected chi connectivity index (χ3v) is 8.91. The third-order valence-electron chi connectivity index (χ3n) is 8.32. The molecule has 5 rings (SSSR count). The highest BCUT2D eigenvalue weighted by atomic mass is 79.9. The smallest absolute Gasteiger partial charge is 0.262 e. The van der Waals surface area contributed by atoms with Crippen LogP contribution in [0, 0.1) is 16.6 Å². The van der Waals surface area contributed by atoms with Gasteiger partial charge < -0.3 is 19.7 Å². The Bertz CT molecular complexity index is 1500.